The number of benzene rings is 1. The van der Waals surface area contributed by atoms with Gasteiger partial charge in [-0.2, -0.15) is 0 Å². The Morgan fingerprint density at radius 3 is 2.42 bits per heavy atom. The largest absolute Gasteiger partial charge is 0.465 e. The van der Waals surface area contributed by atoms with Gasteiger partial charge >= 0.3 is 6.09 Å². The van der Waals surface area contributed by atoms with Crippen LogP contribution in [0.1, 0.15) is 20.3 Å². The quantitative estimate of drug-likeness (QED) is 0.388. The third-order valence-electron chi connectivity index (χ3n) is 3.07. The molecule has 0 saturated heterocycles. The number of hydrogen-bond donors (Lipinski definition) is 1. The van der Waals surface area contributed by atoms with Crippen LogP contribution in [0, 0.1) is 10.1 Å². The monoisotopic (exact) mass is 330 g/mol. The molecule has 0 heterocycles. The number of halogens is 1. The van der Waals surface area contributed by atoms with Crippen molar-refractivity contribution in [2.45, 2.75) is 30.8 Å². The van der Waals surface area contributed by atoms with Gasteiger partial charge < -0.3 is 5.11 Å². The minimum Gasteiger partial charge on any atom is -0.465 e. The second kappa shape index (κ2) is 6.01. The van der Waals surface area contributed by atoms with E-state index in [0.717, 1.165) is 4.90 Å². The molecule has 1 N–H and O–H groups in total. The van der Waals surface area contributed by atoms with E-state index in [1.807, 2.05) is 0 Å². The van der Waals surface area contributed by atoms with Gasteiger partial charge in [0.05, 0.1) is 0 Å². The minimum atomic E-state index is -1.51. The normalized spacial score (nSPS) is 15.3. The number of nitro groups is 1. The Morgan fingerprint density at radius 2 is 2.05 bits per heavy atom. The molecule has 0 aromatic heterocycles. The van der Waals surface area contributed by atoms with Crippen LogP contribution >= 0.6 is 15.9 Å². The van der Waals surface area contributed by atoms with Gasteiger partial charge in [-0.3, -0.25) is 15.0 Å². The van der Waals surface area contributed by atoms with Gasteiger partial charge in [0.1, 0.15) is 6.04 Å². The van der Waals surface area contributed by atoms with Gasteiger partial charge in [0, 0.05) is 33.0 Å². The van der Waals surface area contributed by atoms with E-state index < -0.39 is 21.5 Å². The zero-order chi connectivity index (χ0) is 14.6. The van der Waals surface area contributed by atoms with Crippen molar-refractivity contribution >= 4 is 27.7 Å². The fraction of sp³-hybridized carbons (Fsp3) is 0.417. The SMILES string of the molecule is CCC(Br)(C(C)N(C(=O)O)c1ccccc1)[N+](=O)[O-]. The van der Waals surface area contributed by atoms with Crippen LogP contribution in [0.4, 0.5) is 10.5 Å². The summed E-state index contributed by atoms with van der Waals surface area (Å²) in [7, 11) is 0. The van der Waals surface area contributed by atoms with Crippen LogP contribution in [0.2, 0.25) is 0 Å². The van der Waals surface area contributed by atoms with Crippen molar-refractivity contribution in [2.24, 2.45) is 0 Å². The summed E-state index contributed by atoms with van der Waals surface area (Å²) in [6.45, 7) is 3.15. The molecule has 104 valence electrons. The van der Waals surface area contributed by atoms with E-state index in [9.17, 15) is 20.0 Å². The zero-order valence-electron chi connectivity index (χ0n) is 10.6. The first-order valence-corrected chi connectivity index (χ1v) is 6.54. The third-order valence-corrected chi connectivity index (χ3v) is 4.58. The lowest BCUT2D eigenvalue weighted by molar-refractivity contribution is -0.538. The Bertz CT molecular complexity index is 468. The fourth-order valence-electron chi connectivity index (χ4n) is 1.86. The van der Waals surface area contributed by atoms with Crippen molar-refractivity contribution in [3.8, 4) is 0 Å². The molecule has 0 radical (unpaired) electrons. The maximum Gasteiger partial charge on any atom is 0.412 e. The molecule has 0 bridgehead atoms. The molecule has 1 aromatic rings. The summed E-state index contributed by atoms with van der Waals surface area (Å²) in [5, 5.41) is 20.5. The third kappa shape index (κ3) is 3.04. The molecule has 0 fully saturated rings. The van der Waals surface area contributed by atoms with E-state index in [0.29, 0.717) is 5.69 Å². The predicted octanol–water partition coefficient (Wildman–Crippen LogP) is 3.34. The van der Waals surface area contributed by atoms with Gasteiger partial charge in [-0.05, 0) is 19.1 Å². The lowest BCUT2D eigenvalue weighted by atomic mass is 10.1. The molecule has 0 spiro atoms. The summed E-state index contributed by atoms with van der Waals surface area (Å²) in [5.41, 5.74) is 0.404. The van der Waals surface area contributed by atoms with Crippen molar-refractivity contribution in [3.05, 3.63) is 40.4 Å². The van der Waals surface area contributed by atoms with E-state index >= 15 is 0 Å². The van der Waals surface area contributed by atoms with Crippen LogP contribution in [0.3, 0.4) is 0 Å². The van der Waals surface area contributed by atoms with E-state index in [4.69, 9.17) is 0 Å². The van der Waals surface area contributed by atoms with Crippen LogP contribution in [0.5, 0.6) is 0 Å². The summed E-state index contributed by atoms with van der Waals surface area (Å²) >= 11 is 3.08. The van der Waals surface area contributed by atoms with E-state index in [1.54, 1.807) is 37.3 Å². The van der Waals surface area contributed by atoms with Crippen LogP contribution in [-0.4, -0.2) is 26.6 Å². The standard InChI is InChI=1S/C12H15BrN2O4/c1-3-12(13,15(18)19)9(2)14(11(16)17)10-7-5-4-6-8-10/h4-9H,3H2,1-2H3,(H,16,17). The number of anilines is 1. The van der Waals surface area contributed by atoms with Crippen LogP contribution < -0.4 is 4.90 Å². The highest BCUT2D eigenvalue weighted by Crippen LogP contribution is 2.33. The first kappa shape index (κ1) is 15.4. The maximum atomic E-state index is 11.4. The number of carbonyl (C=O) groups is 1. The predicted molar refractivity (Wildman–Crippen MR) is 75.4 cm³/mol. The van der Waals surface area contributed by atoms with Crippen molar-refractivity contribution in [1.29, 1.82) is 0 Å². The van der Waals surface area contributed by atoms with E-state index in [1.165, 1.54) is 6.92 Å². The molecule has 2 atom stereocenters. The Labute approximate surface area is 119 Å². The second-order valence-electron chi connectivity index (χ2n) is 4.09. The maximum absolute atomic E-state index is 11.4. The van der Waals surface area contributed by atoms with Gasteiger partial charge in [0.15, 0.2) is 0 Å². The number of rotatable bonds is 5. The van der Waals surface area contributed by atoms with E-state index in [2.05, 4.69) is 15.9 Å². The molecular weight excluding hydrogens is 316 g/mol. The Balaban J connectivity index is 3.21. The summed E-state index contributed by atoms with van der Waals surface area (Å²) < 4.78 is -1.51. The van der Waals surface area contributed by atoms with Crippen molar-refractivity contribution in [2.75, 3.05) is 4.90 Å². The molecule has 1 rings (SSSR count). The van der Waals surface area contributed by atoms with Gasteiger partial charge in [0.25, 0.3) is 4.45 Å². The molecule has 0 aliphatic rings. The topological polar surface area (TPSA) is 83.7 Å². The highest BCUT2D eigenvalue weighted by molar-refractivity contribution is 9.10. The second-order valence-corrected chi connectivity index (χ2v) is 5.47. The first-order valence-electron chi connectivity index (χ1n) is 5.75. The molecular formula is C12H15BrN2O4. The molecule has 6 nitrogen and oxygen atoms in total. The number of nitrogens with zero attached hydrogens (tertiary/aromatic N) is 2. The minimum absolute atomic E-state index is 0.164. The Kier molecular flexibility index (Phi) is 4.88. The Hall–Kier alpha value is -1.63. The number of para-hydroxylation sites is 1. The van der Waals surface area contributed by atoms with E-state index in [-0.39, 0.29) is 6.42 Å². The highest BCUT2D eigenvalue weighted by Gasteiger charge is 2.48. The molecule has 19 heavy (non-hydrogen) atoms. The number of amides is 1. The summed E-state index contributed by atoms with van der Waals surface area (Å²) in [6.07, 6.45) is -1.06. The lowest BCUT2D eigenvalue weighted by Crippen LogP contribution is -2.53. The molecule has 0 aliphatic carbocycles. The number of carboxylic acid groups (broad SMARTS) is 1. The summed E-state index contributed by atoms with van der Waals surface area (Å²) in [5.74, 6) is 0. The van der Waals surface area contributed by atoms with Crippen molar-refractivity contribution in [3.63, 3.8) is 0 Å². The summed E-state index contributed by atoms with van der Waals surface area (Å²) in [6, 6.07) is 7.48. The molecule has 0 aliphatic heterocycles. The van der Waals surface area contributed by atoms with Gasteiger partial charge in [0.2, 0.25) is 0 Å². The zero-order valence-corrected chi connectivity index (χ0v) is 12.2. The first-order chi connectivity index (χ1) is 8.84. The van der Waals surface area contributed by atoms with Crippen LogP contribution in [0.15, 0.2) is 30.3 Å². The molecule has 7 heteroatoms. The molecule has 2 unspecified atom stereocenters. The van der Waals surface area contributed by atoms with Crippen molar-refractivity contribution in [1.82, 2.24) is 0 Å². The van der Waals surface area contributed by atoms with Crippen LogP contribution in [-0.2, 0) is 0 Å². The van der Waals surface area contributed by atoms with Gasteiger partial charge in [-0.1, -0.05) is 25.1 Å². The fourth-order valence-corrected chi connectivity index (χ4v) is 2.07. The molecule has 1 aromatic carbocycles. The number of hydrogen-bond acceptors (Lipinski definition) is 3. The lowest BCUT2D eigenvalue weighted by Gasteiger charge is -2.32. The average Bonchev–Trinajstić information content (AvgIpc) is 2.38. The molecule has 1 amide bonds. The smallest absolute Gasteiger partial charge is 0.412 e. The van der Waals surface area contributed by atoms with Gasteiger partial charge in [-0.15, -0.1) is 0 Å². The number of alkyl halides is 1. The highest BCUT2D eigenvalue weighted by atomic mass is 79.9. The summed E-state index contributed by atoms with van der Waals surface area (Å²) in [4.78, 5) is 23.1. The molecule has 0 saturated carbocycles. The average molecular weight is 331 g/mol. The van der Waals surface area contributed by atoms with Gasteiger partial charge in [-0.25, -0.2) is 4.79 Å². The van der Waals surface area contributed by atoms with Crippen LogP contribution in [0.25, 0.3) is 0 Å². The Morgan fingerprint density at radius 1 is 1.53 bits per heavy atom. The van der Waals surface area contributed by atoms with Crippen molar-refractivity contribution < 1.29 is 14.8 Å².